The molecule has 0 saturated carbocycles. The molecule has 0 radical (unpaired) electrons. The molecular weight excluding hydrogens is 456 g/mol. The highest BCUT2D eigenvalue weighted by molar-refractivity contribution is 8.01. The zero-order chi connectivity index (χ0) is 22.3. The second kappa shape index (κ2) is 10.6. The lowest BCUT2D eigenvalue weighted by molar-refractivity contribution is -0.114. The van der Waals surface area contributed by atoms with E-state index in [0.717, 1.165) is 14.4 Å². The van der Waals surface area contributed by atoms with Gasteiger partial charge < -0.3 is 4.74 Å². The molecule has 3 rings (SSSR count). The molecule has 1 aromatic heterocycles. The Balaban J connectivity index is 1.84. The number of nitrogens with one attached hydrogen (secondary N) is 1. The predicted molar refractivity (Wildman–Crippen MR) is 124 cm³/mol. The topological polar surface area (TPSA) is 101 Å². The highest BCUT2D eigenvalue weighted by Gasteiger charge is 2.27. The summed E-state index contributed by atoms with van der Waals surface area (Å²) in [6.45, 7) is 3.91. The van der Waals surface area contributed by atoms with Crippen LogP contribution >= 0.6 is 23.1 Å². The van der Waals surface area contributed by atoms with E-state index in [9.17, 15) is 13.2 Å². The molecule has 164 valence electrons. The number of carbonyl (C=O) groups excluding carboxylic acids is 1. The fourth-order valence-corrected chi connectivity index (χ4v) is 5.73. The molecule has 1 heterocycles. The van der Waals surface area contributed by atoms with Crippen molar-refractivity contribution in [2.24, 2.45) is 0 Å². The zero-order valence-electron chi connectivity index (χ0n) is 17.0. The number of anilines is 2. The van der Waals surface area contributed by atoms with Crippen LogP contribution in [0.4, 0.5) is 10.8 Å². The van der Waals surface area contributed by atoms with Gasteiger partial charge in [0.1, 0.15) is 12.3 Å². The van der Waals surface area contributed by atoms with E-state index in [1.54, 1.807) is 42.5 Å². The van der Waals surface area contributed by atoms with Crippen molar-refractivity contribution in [1.29, 1.82) is 0 Å². The molecule has 0 aliphatic rings. The summed E-state index contributed by atoms with van der Waals surface area (Å²) in [6.07, 6.45) is 0. The molecule has 11 heteroatoms. The fourth-order valence-electron chi connectivity index (χ4n) is 2.64. The number of thioether (sulfide) groups is 1. The third kappa shape index (κ3) is 5.96. The van der Waals surface area contributed by atoms with E-state index >= 15 is 0 Å². The number of rotatable bonds is 10. The first-order chi connectivity index (χ1) is 14.9. The number of hydrogen-bond donors (Lipinski definition) is 1. The summed E-state index contributed by atoms with van der Waals surface area (Å²) in [5.74, 6) is 0.898. The number of nitrogens with zero attached hydrogens (tertiary/aromatic N) is 3. The SMILES string of the molecule is CCOc1ccc(S(=O)(=O)N(CC(=O)Nc2nnc(SCC)s2)c2ccccc2)cc1. The van der Waals surface area contributed by atoms with Gasteiger partial charge in [-0.05, 0) is 49.1 Å². The lowest BCUT2D eigenvalue weighted by Gasteiger charge is -2.24. The van der Waals surface area contributed by atoms with Crippen LogP contribution in [0.1, 0.15) is 13.8 Å². The maximum Gasteiger partial charge on any atom is 0.264 e. The van der Waals surface area contributed by atoms with Gasteiger partial charge in [-0.3, -0.25) is 14.4 Å². The number of sulfonamides is 1. The lowest BCUT2D eigenvalue weighted by Crippen LogP contribution is -2.38. The molecule has 31 heavy (non-hydrogen) atoms. The molecule has 0 aliphatic carbocycles. The van der Waals surface area contributed by atoms with Gasteiger partial charge in [-0.15, -0.1) is 10.2 Å². The second-order valence-corrected chi connectivity index (χ2v) is 10.5. The number of amides is 1. The van der Waals surface area contributed by atoms with Gasteiger partial charge >= 0.3 is 0 Å². The van der Waals surface area contributed by atoms with Crippen LogP contribution in [0.3, 0.4) is 0 Å². The molecule has 0 unspecified atom stereocenters. The maximum atomic E-state index is 13.4. The number of carbonyl (C=O) groups is 1. The standard InChI is InChI=1S/C20H22N4O4S3/c1-3-28-16-10-12-17(13-11-16)31(26,27)24(15-8-6-5-7-9-15)14-18(25)21-19-22-23-20(30-19)29-4-2/h5-13H,3-4,14H2,1-2H3,(H,21,22,25). The molecule has 0 fully saturated rings. The van der Waals surface area contributed by atoms with Crippen LogP contribution in [0.25, 0.3) is 0 Å². The van der Waals surface area contributed by atoms with Gasteiger partial charge in [0, 0.05) is 0 Å². The first-order valence-electron chi connectivity index (χ1n) is 9.50. The maximum absolute atomic E-state index is 13.4. The Bertz CT molecular complexity index is 1100. The van der Waals surface area contributed by atoms with E-state index in [1.165, 1.54) is 35.2 Å². The average molecular weight is 479 g/mol. The third-order valence-electron chi connectivity index (χ3n) is 3.97. The van der Waals surface area contributed by atoms with E-state index in [0.29, 0.717) is 23.2 Å². The Morgan fingerprint density at radius 1 is 1.10 bits per heavy atom. The van der Waals surface area contributed by atoms with Crippen LogP contribution in [0.5, 0.6) is 5.75 Å². The molecule has 3 aromatic rings. The molecular formula is C20H22N4O4S3. The van der Waals surface area contributed by atoms with Crippen LogP contribution in [0.2, 0.25) is 0 Å². The highest BCUT2D eigenvalue weighted by Crippen LogP contribution is 2.27. The van der Waals surface area contributed by atoms with E-state index in [1.807, 2.05) is 13.8 Å². The minimum absolute atomic E-state index is 0.0603. The Kier molecular flexibility index (Phi) is 7.88. The summed E-state index contributed by atoms with van der Waals surface area (Å²) >= 11 is 2.76. The highest BCUT2D eigenvalue weighted by atomic mass is 32.2. The monoisotopic (exact) mass is 478 g/mol. The van der Waals surface area contributed by atoms with Crippen LogP contribution in [0.15, 0.2) is 63.8 Å². The second-order valence-electron chi connectivity index (χ2n) is 6.11. The first kappa shape index (κ1) is 23.0. The first-order valence-corrected chi connectivity index (χ1v) is 12.7. The largest absolute Gasteiger partial charge is 0.494 e. The van der Waals surface area contributed by atoms with Gasteiger partial charge in [0.05, 0.1) is 17.2 Å². The van der Waals surface area contributed by atoms with Crippen molar-refractivity contribution < 1.29 is 17.9 Å². The Hall–Kier alpha value is -2.63. The van der Waals surface area contributed by atoms with Gasteiger partial charge in [-0.1, -0.05) is 48.2 Å². The number of aromatic nitrogens is 2. The van der Waals surface area contributed by atoms with Crippen molar-refractivity contribution in [2.45, 2.75) is 23.1 Å². The van der Waals surface area contributed by atoms with Crippen LogP contribution in [0, 0.1) is 0 Å². The van der Waals surface area contributed by atoms with E-state index in [-0.39, 0.29) is 4.90 Å². The smallest absolute Gasteiger partial charge is 0.264 e. The summed E-state index contributed by atoms with van der Waals surface area (Å²) in [7, 11) is -4.00. The molecule has 0 aliphatic heterocycles. The van der Waals surface area contributed by atoms with Crippen LogP contribution < -0.4 is 14.4 Å². The Morgan fingerprint density at radius 3 is 2.45 bits per heavy atom. The molecule has 1 N–H and O–H groups in total. The third-order valence-corrected chi connectivity index (χ3v) is 7.62. The quantitative estimate of drug-likeness (QED) is 0.348. The summed E-state index contributed by atoms with van der Waals surface area (Å²) in [5.41, 5.74) is 0.381. The number of hydrogen-bond acceptors (Lipinski definition) is 8. The summed E-state index contributed by atoms with van der Waals surface area (Å²) < 4.78 is 33.9. The number of para-hydroxylation sites is 1. The van der Waals surface area contributed by atoms with Gasteiger partial charge in [0.15, 0.2) is 4.34 Å². The number of ether oxygens (including phenoxy) is 1. The normalized spacial score (nSPS) is 11.2. The summed E-state index contributed by atoms with van der Waals surface area (Å²) in [5, 5.41) is 10.9. The lowest BCUT2D eigenvalue weighted by atomic mass is 10.3. The van der Waals surface area contributed by atoms with E-state index in [4.69, 9.17) is 4.74 Å². The predicted octanol–water partition coefficient (Wildman–Crippen LogP) is 3.88. The average Bonchev–Trinajstić information content (AvgIpc) is 3.20. The van der Waals surface area contributed by atoms with E-state index in [2.05, 4.69) is 15.5 Å². The molecule has 0 bridgehead atoms. The molecule has 0 atom stereocenters. The van der Waals surface area contributed by atoms with Crippen LogP contribution in [-0.4, -0.2) is 43.4 Å². The fraction of sp³-hybridized carbons (Fsp3) is 0.250. The number of benzene rings is 2. The van der Waals surface area contributed by atoms with Gasteiger partial charge in [-0.25, -0.2) is 8.42 Å². The van der Waals surface area contributed by atoms with Gasteiger partial charge in [-0.2, -0.15) is 0 Å². The molecule has 8 nitrogen and oxygen atoms in total. The van der Waals surface area contributed by atoms with Crippen molar-refractivity contribution in [2.75, 3.05) is 28.5 Å². The summed E-state index contributed by atoms with van der Waals surface area (Å²) in [4.78, 5) is 12.7. The van der Waals surface area contributed by atoms with Crippen molar-refractivity contribution in [3.63, 3.8) is 0 Å². The molecule has 2 aromatic carbocycles. The van der Waals surface area contributed by atoms with E-state index < -0.39 is 22.5 Å². The Morgan fingerprint density at radius 2 is 1.81 bits per heavy atom. The van der Waals surface area contributed by atoms with Crippen LogP contribution in [-0.2, 0) is 14.8 Å². The van der Waals surface area contributed by atoms with Crippen molar-refractivity contribution in [3.05, 3.63) is 54.6 Å². The van der Waals surface area contributed by atoms with Crippen molar-refractivity contribution in [1.82, 2.24) is 10.2 Å². The van der Waals surface area contributed by atoms with Gasteiger partial charge in [0.25, 0.3) is 10.0 Å². The molecule has 1 amide bonds. The van der Waals surface area contributed by atoms with Crippen molar-refractivity contribution >= 4 is 49.8 Å². The summed E-state index contributed by atoms with van der Waals surface area (Å²) in [6, 6.07) is 14.6. The molecule has 0 spiro atoms. The van der Waals surface area contributed by atoms with Gasteiger partial charge in [0.2, 0.25) is 11.0 Å². The minimum atomic E-state index is -4.00. The minimum Gasteiger partial charge on any atom is -0.494 e. The van der Waals surface area contributed by atoms with Crippen molar-refractivity contribution in [3.8, 4) is 5.75 Å². The Labute approximate surface area is 189 Å². The zero-order valence-corrected chi connectivity index (χ0v) is 19.5. The molecule has 0 saturated heterocycles.